The van der Waals surface area contributed by atoms with Crippen LogP contribution in [0.15, 0.2) is 54.1 Å². The summed E-state index contributed by atoms with van der Waals surface area (Å²) in [5, 5.41) is 12.1. The molecule has 7 heteroatoms. The third-order valence-electron chi connectivity index (χ3n) is 4.65. The SMILES string of the molecule is CC(=O)Nc1ccc(/C=C(\C#N)C(=O)N2CCN(c3ccccc3F)CC2)cc1. The van der Waals surface area contributed by atoms with Gasteiger partial charge in [0.1, 0.15) is 17.5 Å². The molecule has 2 aromatic carbocycles. The average molecular weight is 392 g/mol. The summed E-state index contributed by atoms with van der Waals surface area (Å²) >= 11 is 0. The number of piperazine rings is 1. The highest BCUT2D eigenvalue weighted by Gasteiger charge is 2.24. The van der Waals surface area contributed by atoms with Gasteiger partial charge in [-0.1, -0.05) is 24.3 Å². The van der Waals surface area contributed by atoms with E-state index in [9.17, 15) is 19.2 Å². The molecule has 2 amide bonds. The van der Waals surface area contributed by atoms with Gasteiger partial charge in [0.15, 0.2) is 0 Å². The predicted molar refractivity (Wildman–Crippen MR) is 110 cm³/mol. The van der Waals surface area contributed by atoms with Crippen molar-refractivity contribution in [3.05, 3.63) is 65.5 Å². The predicted octanol–water partition coefficient (Wildman–Crippen LogP) is 3.04. The summed E-state index contributed by atoms with van der Waals surface area (Å²) in [5.41, 5.74) is 1.89. The van der Waals surface area contributed by atoms with Gasteiger partial charge in [-0.05, 0) is 35.9 Å². The Bertz CT molecular complexity index is 971. The van der Waals surface area contributed by atoms with E-state index in [2.05, 4.69) is 5.32 Å². The van der Waals surface area contributed by atoms with Crippen molar-refractivity contribution in [2.45, 2.75) is 6.92 Å². The molecule has 2 aromatic rings. The second-order valence-electron chi connectivity index (χ2n) is 6.70. The van der Waals surface area contributed by atoms with Gasteiger partial charge in [0.05, 0.1) is 5.69 Å². The average Bonchev–Trinajstić information content (AvgIpc) is 2.73. The van der Waals surface area contributed by atoms with Crippen LogP contribution >= 0.6 is 0 Å². The van der Waals surface area contributed by atoms with Crippen LogP contribution in [0.3, 0.4) is 0 Å². The molecule has 0 bridgehead atoms. The second-order valence-corrected chi connectivity index (χ2v) is 6.70. The Morgan fingerprint density at radius 2 is 1.72 bits per heavy atom. The summed E-state index contributed by atoms with van der Waals surface area (Å²) in [4.78, 5) is 27.3. The van der Waals surface area contributed by atoms with E-state index in [-0.39, 0.29) is 23.2 Å². The van der Waals surface area contributed by atoms with Crippen molar-refractivity contribution < 1.29 is 14.0 Å². The second kappa shape index (κ2) is 9.02. The van der Waals surface area contributed by atoms with Crippen LogP contribution in [0.25, 0.3) is 6.08 Å². The molecular formula is C22H21FN4O2. The largest absolute Gasteiger partial charge is 0.366 e. The number of amides is 2. The van der Waals surface area contributed by atoms with Crippen molar-refractivity contribution in [2.75, 3.05) is 36.4 Å². The normalized spacial score (nSPS) is 14.3. The fraction of sp³-hybridized carbons (Fsp3) is 0.227. The number of halogens is 1. The van der Waals surface area contributed by atoms with Crippen LogP contribution < -0.4 is 10.2 Å². The molecule has 1 saturated heterocycles. The molecule has 0 spiro atoms. The third kappa shape index (κ3) is 4.99. The number of nitriles is 1. The number of anilines is 2. The monoisotopic (exact) mass is 392 g/mol. The lowest BCUT2D eigenvalue weighted by Gasteiger charge is -2.36. The molecule has 0 aromatic heterocycles. The highest BCUT2D eigenvalue weighted by Crippen LogP contribution is 2.21. The first-order chi connectivity index (χ1) is 14.0. The molecule has 0 unspecified atom stereocenters. The highest BCUT2D eigenvalue weighted by atomic mass is 19.1. The molecule has 0 saturated carbocycles. The summed E-state index contributed by atoms with van der Waals surface area (Å²) in [6.45, 7) is 3.24. The van der Waals surface area contributed by atoms with Gasteiger partial charge in [0.25, 0.3) is 5.91 Å². The molecule has 1 aliphatic heterocycles. The van der Waals surface area contributed by atoms with Gasteiger partial charge in [-0.3, -0.25) is 9.59 Å². The van der Waals surface area contributed by atoms with Crippen molar-refractivity contribution >= 4 is 29.3 Å². The van der Waals surface area contributed by atoms with Crippen molar-refractivity contribution in [2.24, 2.45) is 0 Å². The first-order valence-electron chi connectivity index (χ1n) is 9.26. The summed E-state index contributed by atoms with van der Waals surface area (Å²) in [5.74, 6) is -0.796. The van der Waals surface area contributed by atoms with E-state index in [0.717, 1.165) is 0 Å². The number of carbonyl (C=O) groups is 2. The van der Waals surface area contributed by atoms with E-state index < -0.39 is 0 Å². The van der Waals surface area contributed by atoms with E-state index in [1.54, 1.807) is 47.4 Å². The molecule has 1 aliphatic rings. The van der Waals surface area contributed by atoms with Crippen LogP contribution in [0.5, 0.6) is 0 Å². The number of benzene rings is 2. The molecule has 6 nitrogen and oxygen atoms in total. The van der Waals surface area contributed by atoms with Crippen molar-refractivity contribution in [3.63, 3.8) is 0 Å². The zero-order valence-corrected chi connectivity index (χ0v) is 16.1. The molecule has 0 radical (unpaired) electrons. The summed E-state index contributed by atoms with van der Waals surface area (Å²) < 4.78 is 14.0. The van der Waals surface area contributed by atoms with Gasteiger partial charge in [-0.2, -0.15) is 5.26 Å². The smallest absolute Gasteiger partial charge is 0.264 e. The highest BCUT2D eigenvalue weighted by molar-refractivity contribution is 6.01. The Balaban J connectivity index is 1.66. The quantitative estimate of drug-likeness (QED) is 0.641. The van der Waals surface area contributed by atoms with E-state index >= 15 is 0 Å². The minimum absolute atomic E-state index is 0.0385. The van der Waals surface area contributed by atoms with Crippen molar-refractivity contribution in [1.82, 2.24) is 4.90 Å². The van der Waals surface area contributed by atoms with Crippen LogP contribution in [0, 0.1) is 17.1 Å². The summed E-state index contributed by atoms with van der Waals surface area (Å²) in [7, 11) is 0. The number of hydrogen-bond acceptors (Lipinski definition) is 4. The molecule has 29 heavy (non-hydrogen) atoms. The third-order valence-corrected chi connectivity index (χ3v) is 4.65. The minimum Gasteiger partial charge on any atom is -0.366 e. The fourth-order valence-corrected chi connectivity index (χ4v) is 3.20. The Morgan fingerprint density at radius 1 is 1.07 bits per heavy atom. The number of hydrogen-bond donors (Lipinski definition) is 1. The topological polar surface area (TPSA) is 76.4 Å². The lowest BCUT2D eigenvalue weighted by Crippen LogP contribution is -2.49. The summed E-state index contributed by atoms with van der Waals surface area (Å²) in [6, 6.07) is 15.4. The van der Waals surface area contributed by atoms with Crippen LogP contribution in [0.2, 0.25) is 0 Å². The fourth-order valence-electron chi connectivity index (χ4n) is 3.20. The molecule has 3 rings (SSSR count). The molecule has 0 aliphatic carbocycles. The number of nitrogens with zero attached hydrogens (tertiary/aromatic N) is 3. The number of rotatable bonds is 4. The number of carbonyl (C=O) groups excluding carboxylic acids is 2. The summed E-state index contributed by atoms with van der Waals surface area (Å²) in [6.07, 6.45) is 1.53. The zero-order chi connectivity index (χ0) is 20.8. The Labute approximate surface area is 168 Å². The van der Waals surface area contributed by atoms with E-state index in [1.165, 1.54) is 19.1 Å². The standard InChI is InChI=1S/C22H21FN4O2/c1-16(28)25-19-8-6-17(7-9-19)14-18(15-24)22(29)27-12-10-26(11-13-27)21-5-3-2-4-20(21)23/h2-9,14H,10-13H2,1H3,(H,25,28)/b18-14+. The zero-order valence-electron chi connectivity index (χ0n) is 16.1. The number of nitrogens with one attached hydrogen (secondary N) is 1. The van der Waals surface area contributed by atoms with Gasteiger partial charge in [-0.15, -0.1) is 0 Å². The molecule has 1 fully saturated rings. The van der Waals surface area contributed by atoms with E-state index in [1.807, 2.05) is 11.0 Å². The van der Waals surface area contributed by atoms with Crippen LogP contribution in [0.4, 0.5) is 15.8 Å². The Morgan fingerprint density at radius 3 is 2.31 bits per heavy atom. The van der Waals surface area contributed by atoms with Crippen LogP contribution in [0.1, 0.15) is 12.5 Å². The van der Waals surface area contributed by atoms with Gasteiger partial charge in [-0.25, -0.2) is 4.39 Å². The van der Waals surface area contributed by atoms with E-state index in [4.69, 9.17) is 0 Å². The molecule has 0 atom stereocenters. The van der Waals surface area contributed by atoms with Crippen molar-refractivity contribution in [3.8, 4) is 6.07 Å². The van der Waals surface area contributed by atoms with Crippen LogP contribution in [-0.2, 0) is 9.59 Å². The Hall–Kier alpha value is -3.66. The van der Waals surface area contributed by atoms with E-state index in [0.29, 0.717) is 43.1 Å². The first-order valence-corrected chi connectivity index (χ1v) is 9.26. The van der Waals surface area contributed by atoms with Gasteiger partial charge < -0.3 is 15.1 Å². The van der Waals surface area contributed by atoms with Gasteiger partial charge in [0.2, 0.25) is 5.91 Å². The molecule has 1 N–H and O–H groups in total. The molecule has 148 valence electrons. The van der Waals surface area contributed by atoms with Gasteiger partial charge >= 0.3 is 0 Å². The lowest BCUT2D eigenvalue weighted by atomic mass is 10.1. The van der Waals surface area contributed by atoms with Crippen LogP contribution in [-0.4, -0.2) is 42.9 Å². The lowest BCUT2D eigenvalue weighted by molar-refractivity contribution is -0.126. The first kappa shape index (κ1) is 20.1. The maximum Gasteiger partial charge on any atom is 0.264 e. The maximum atomic E-state index is 14.0. The Kier molecular flexibility index (Phi) is 6.25. The minimum atomic E-state index is -0.341. The molecule has 1 heterocycles. The van der Waals surface area contributed by atoms with Gasteiger partial charge in [0, 0.05) is 38.8 Å². The maximum absolute atomic E-state index is 14.0. The van der Waals surface area contributed by atoms with Crippen molar-refractivity contribution in [1.29, 1.82) is 5.26 Å². The number of para-hydroxylation sites is 1. The molecular weight excluding hydrogens is 371 g/mol.